The minimum absolute atomic E-state index is 0.0991. The van der Waals surface area contributed by atoms with E-state index >= 15 is 0 Å². The van der Waals surface area contributed by atoms with Gasteiger partial charge in [-0.25, -0.2) is 4.39 Å². The minimum atomic E-state index is -0.404. The highest BCUT2D eigenvalue weighted by Crippen LogP contribution is 2.26. The van der Waals surface area contributed by atoms with Crippen molar-refractivity contribution in [2.45, 2.75) is 12.8 Å². The Bertz CT molecular complexity index is 766. The molecule has 0 amide bonds. The van der Waals surface area contributed by atoms with Gasteiger partial charge in [0.2, 0.25) is 5.43 Å². The van der Waals surface area contributed by atoms with Gasteiger partial charge in [0.05, 0.1) is 18.7 Å². The van der Waals surface area contributed by atoms with Gasteiger partial charge in [-0.1, -0.05) is 0 Å². The number of piperidine rings is 1. The summed E-state index contributed by atoms with van der Waals surface area (Å²) in [5.74, 6) is -0.693. The van der Waals surface area contributed by atoms with Crippen LogP contribution in [0, 0.1) is 11.7 Å². The fourth-order valence-corrected chi connectivity index (χ4v) is 3.75. The van der Waals surface area contributed by atoms with E-state index in [0.717, 1.165) is 4.70 Å². The summed E-state index contributed by atoms with van der Waals surface area (Å²) >= 11 is 1.43. The lowest BCUT2D eigenvalue weighted by atomic mass is 9.97. The van der Waals surface area contributed by atoms with Crippen LogP contribution in [-0.2, 0) is 9.53 Å². The molecule has 116 valence electrons. The van der Waals surface area contributed by atoms with Gasteiger partial charge in [-0.15, -0.1) is 11.3 Å². The fourth-order valence-electron chi connectivity index (χ4n) is 2.83. The standard InChI is InChI=1S/C16H16FNO3S/c1-21-16(20)10-4-6-18(7-5-10)13-9-22-14-3-2-11(17)8-12(14)15(13)19/h2-3,8-10H,4-7H2,1H3. The van der Waals surface area contributed by atoms with Crippen LogP contribution in [0.1, 0.15) is 12.8 Å². The molecule has 1 fully saturated rings. The summed E-state index contributed by atoms with van der Waals surface area (Å²) in [5, 5.41) is 2.23. The first-order chi connectivity index (χ1) is 10.6. The molecule has 3 rings (SSSR count). The number of nitrogens with zero attached hydrogens (tertiary/aromatic N) is 1. The van der Waals surface area contributed by atoms with Crippen molar-refractivity contribution in [3.8, 4) is 0 Å². The number of ether oxygens (including phenoxy) is 1. The smallest absolute Gasteiger partial charge is 0.308 e. The van der Waals surface area contributed by atoms with E-state index in [-0.39, 0.29) is 17.3 Å². The maximum absolute atomic E-state index is 13.4. The molecular weight excluding hydrogens is 305 g/mol. The fraction of sp³-hybridized carbons (Fsp3) is 0.375. The molecule has 1 aromatic heterocycles. The minimum Gasteiger partial charge on any atom is -0.469 e. The molecule has 1 aliphatic rings. The third-order valence-electron chi connectivity index (χ3n) is 4.09. The maximum atomic E-state index is 13.4. The highest BCUT2D eigenvalue weighted by Gasteiger charge is 2.26. The van der Waals surface area contributed by atoms with Crippen molar-refractivity contribution in [3.05, 3.63) is 39.6 Å². The van der Waals surface area contributed by atoms with E-state index in [0.29, 0.717) is 37.0 Å². The number of methoxy groups -OCH3 is 1. The van der Waals surface area contributed by atoms with Crippen LogP contribution in [0.3, 0.4) is 0 Å². The van der Waals surface area contributed by atoms with E-state index in [1.54, 1.807) is 6.07 Å². The lowest BCUT2D eigenvalue weighted by Crippen LogP contribution is -2.38. The van der Waals surface area contributed by atoms with Crippen molar-refractivity contribution in [3.63, 3.8) is 0 Å². The van der Waals surface area contributed by atoms with Gasteiger partial charge in [-0.2, -0.15) is 0 Å². The molecule has 1 aliphatic heterocycles. The molecule has 0 N–H and O–H groups in total. The van der Waals surface area contributed by atoms with Crippen molar-refractivity contribution in [1.29, 1.82) is 0 Å². The van der Waals surface area contributed by atoms with Crippen LogP contribution in [0.2, 0.25) is 0 Å². The maximum Gasteiger partial charge on any atom is 0.308 e. The summed E-state index contributed by atoms with van der Waals surface area (Å²) in [4.78, 5) is 26.1. The average Bonchev–Trinajstić information content (AvgIpc) is 2.55. The van der Waals surface area contributed by atoms with Crippen LogP contribution in [0.4, 0.5) is 10.1 Å². The summed E-state index contributed by atoms with van der Waals surface area (Å²) < 4.78 is 18.9. The Morgan fingerprint density at radius 3 is 2.77 bits per heavy atom. The van der Waals surface area contributed by atoms with Crippen molar-refractivity contribution >= 4 is 33.1 Å². The first-order valence-corrected chi connectivity index (χ1v) is 8.02. The summed E-state index contributed by atoms with van der Waals surface area (Å²) in [6.07, 6.45) is 1.33. The van der Waals surface area contributed by atoms with Crippen LogP contribution in [0.25, 0.3) is 10.1 Å². The molecule has 0 aliphatic carbocycles. The molecule has 2 aromatic rings. The number of benzene rings is 1. The van der Waals surface area contributed by atoms with Gasteiger partial charge in [0.25, 0.3) is 0 Å². The summed E-state index contributed by atoms with van der Waals surface area (Å²) in [7, 11) is 1.39. The second-order valence-electron chi connectivity index (χ2n) is 5.38. The number of fused-ring (bicyclic) bond motifs is 1. The van der Waals surface area contributed by atoms with Gasteiger partial charge >= 0.3 is 5.97 Å². The quantitative estimate of drug-likeness (QED) is 0.798. The molecule has 0 atom stereocenters. The molecule has 22 heavy (non-hydrogen) atoms. The second-order valence-corrected chi connectivity index (χ2v) is 6.29. The van der Waals surface area contributed by atoms with Crippen LogP contribution >= 0.6 is 11.3 Å². The molecule has 1 saturated heterocycles. The Balaban J connectivity index is 1.87. The van der Waals surface area contributed by atoms with E-state index in [9.17, 15) is 14.0 Å². The van der Waals surface area contributed by atoms with Crippen molar-refractivity contribution in [2.24, 2.45) is 5.92 Å². The second kappa shape index (κ2) is 6.04. The molecule has 4 nitrogen and oxygen atoms in total. The van der Waals surface area contributed by atoms with Crippen molar-refractivity contribution in [1.82, 2.24) is 0 Å². The Hall–Kier alpha value is -1.95. The van der Waals surface area contributed by atoms with Crippen LogP contribution in [0.5, 0.6) is 0 Å². The Labute approximate surface area is 131 Å². The van der Waals surface area contributed by atoms with Gasteiger partial charge in [-0.05, 0) is 31.0 Å². The molecule has 6 heteroatoms. The number of carbonyl (C=O) groups excluding carboxylic acids is 1. The number of hydrogen-bond donors (Lipinski definition) is 0. The van der Waals surface area contributed by atoms with Crippen molar-refractivity contribution in [2.75, 3.05) is 25.1 Å². The summed E-state index contributed by atoms with van der Waals surface area (Å²) in [5.41, 5.74) is 0.441. The monoisotopic (exact) mass is 321 g/mol. The first-order valence-electron chi connectivity index (χ1n) is 7.14. The van der Waals surface area contributed by atoms with E-state index in [4.69, 9.17) is 4.74 Å². The first kappa shape index (κ1) is 15.0. The molecule has 0 spiro atoms. The number of esters is 1. The van der Waals surface area contributed by atoms with E-state index in [1.165, 1.54) is 30.6 Å². The van der Waals surface area contributed by atoms with Crippen molar-refractivity contribution < 1.29 is 13.9 Å². The zero-order valence-corrected chi connectivity index (χ0v) is 13.0. The van der Waals surface area contributed by atoms with E-state index < -0.39 is 5.82 Å². The Morgan fingerprint density at radius 1 is 1.36 bits per heavy atom. The topological polar surface area (TPSA) is 46.6 Å². The van der Waals surface area contributed by atoms with E-state index in [1.807, 2.05) is 10.3 Å². The third kappa shape index (κ3) is 2.70. The number of hydrogen-bond acceptors (Lipinski definition) is 5. The zero-order chi connectivity index (χ0) is 15.7. The normalized spacial score (nSPS) is 16.0. The Morgan fingerprint density at radius 2 is 2.09 bits per heavy atom. The molecular formula is C16H16FNO3S. The molecule has 0 saturated carbocycles. The van der Waals surface area contributed by atoms with Gasteiger partial charge in [0.1, 0.15) is 5.82 Å². The number of carbonyl (C=O) groups is 1. The average molecular weight is 321 g/mol. The van der Waals surface area contributed by atoms with E-state index in [2.05, 4.69) is 0 Å². The summed E-state index contributed by atoms with van der Waals surface area (Å²) in [6.45, 7) is 1.26. The predicted molar refractivity (Wildman–Crippen MR) is 85.0 cm³/mol. The highest BCUT2D eigenvalue weighted by molar-refractivity contribution is 7.16. The molecule has 2 heterocycles. The number of anilines is 1. The van der Waals surface area contributed by atoms with Gasteiger partial charge in [0.15, 0.2) is 0 Å². The van der Waals surface area contributed by atoms with Gasteiger partial charge in [-0.3, -0.25) is 9.59 Å². The molecule has 1 aromatic carbocycles. The third-order valence-corrected chi connectivity index (χ3v) is 5.04. The molecule has 0 bridgehead atoms. The van der Waals surface area contributed by atoms with Gasteiger partial charge in [0, 0.05) is 28.6 Å². The SMILES string of the molecule is COC(=O)C1CCN(c2csc3ccc(F)cc3c2=O)CC1. The lowest BCUT2D eigenvalue weighted by Gasteiger charge is -2.31. The molecule has 0 radical (unpaired) electrons. The van der Waals surface area contributed by atoms with Crippen LogP contribution in [0.15, 0.2) is 28.4 Å². The zero-order valence-electron chi connectivity index (χ0n) is 12.2. The lowest BCUT2D eigenvalue weighted by molar-refractivity contribution is -0.146. The van der Waals surface area contributed by atoms with Gasteiger partial charge < -0.3 is 9.64 Å². The number of halogens is 1. The molecule has 0 unspecified atom stereocenters. The highest BCUT2D eigenvalue weighted by atomic mass is 32.1. The van der Waals surface area contributed by atoms with Crippen LogP contribution in [-0.4, -0.2) is 26.2 Å². The van der Waals surface area contributed by atoms with Crippen LogP contribution < -0.4 is 10.3 Å². The number of rotatable bonds is 2. The summed E-state index contributed by atoms with van der Waals surface area (Å²) in [6, 6.07) is 4.28. The largest absolute Gasteiger partial charge is 0.469 e. The Kier molecular flexibility index (Phi) is 4.11. The predicted octanol–water partition coefficient (Wildman–Crippen LogP) is 2.79.